The number of nitrogens with zero attached hydrogens (tertiary/aromatic N) is 1. The van der Waals surface area contributed by atoms with Gasteiger partial charge in [-0.2, -0.15) is 0 Å². The zero-order chi connectivity index (χ0) is 12.4. The quantitative estimate of drug-likeness (QED) is 0.857. The standard InChI is InChI=1S/C14H13NO2/c1-9-3-5-12(10(2)7-9)11-4-6-13(14(16)17)15-8-11/h3-8H,1-2H3,(H,16,17). The summed E-state index contributed by atoms with van der Waals surface area (Å²) in [6.45, 7) is 4.08. The molecule has 0 radical (unpaired) electrons. The zero-order valence-corrected chi connectivity index (χ0v) is 9.77. The van der Waals surface area contributed by atoms with Gasteiger partial charge in [0.05, 0.1) is 0 Å². The van der Waals surface area contributed by atoms with Crippen LogP contribution in [0.4, 0.5) is 0 Å². The summed E-state index contributed by atoms with van der Waals surface area (Å²) >= 11 is 0. The molecule has 0 saturated heterocycles. The molecule has 1 heterocycles. The van der Waals surface area contributed by atoms with Gasteiger partial charge < -0.3 is 5.11 Å². The third-order valence-electron chi connectivity index (χ3n) is 2.68. The second kappa shape index (κ2) is 4.37. The van der Waals surface area contributed by atoms with E-state index in [9.17, 15) is 4.79 Å². The van der Waals surface area contributed by atoms with Crippen LogP contribution in [-0.2, 0) is 0 Å². The number of benzene rings is 1. The van der Waals surface area contributed by atoms with Gasteiger partial charge in [-0.05, 0) is 31.0 Å². The molecule has 17 heavy (non-hydrogen) atoms. The Morgan fingerprint density at radius 1 is 1.18 bits per heavy atom. The van der Waals surface area contributed by atoms with Crippen molar-refractivity contribution in [1.29, 1.82) is 0 Å². The normalized spacial score (nSPS) is 10.2. The molecule has 0 fully saturated rings. The summed E-state index contributed by atoms with van der Waals surface area (Å²) in [6.07, 6.45) is 1.60. The Morgan fingerprint density at radius 3 is 2.47 bits per heavy atom. The Labute approximate surface area is 99.8 Å². The zero-order valence-electron chi connectivity index (χ0n) is 9.77. The van der Waals surface area contributed by atoms with Gasteiger partial charge in [-0.3, -0.25) is 0 Å². The van der Waals surface area contributed by atoms with Crippen molar-refractivity contribution in [2.45, 2.75) is 13.8 Å². The number of carbonyl (C=O) groups is 1. The predicted octanol–water partition coefficient (Wildman–Crippen LogP) is 3.06. The molecule has 2 rings (SSSR count). The van der Waals surface area contributed by atoms with Crippen molar-refractivity contribution in [3.8, 4) is 11.1 Å². The number of hydrogen-bond donors (Lipinski definition) is 1. The average molecular weight is 227 g/mol. The van der Waals surface area contributed by atoms with Crippen molar-refractivity contribution in [3.05, 3.63) is 53.3 Å². The highest BCUT2D eigenvalue weighted by molar-refractivity contribution is 5.85. The lowest BCUT2D eigenvalue weighted by Gasteiger charge is -2.06. The highest BCUT2D eigenvalue weighted by Crippen LogP contribution is 2.23. The van der Waals surface area contributed by atoms with E-state index in [0.717, 1.165) is 16.7 Å². The van der Waals surface area contributed by atoms with E-state index in [2.05, 4.69) is 11.1 Å². The van der Waals surface area contributed by atoms with Crippen molar-refractivity contribution < 1.29 is 9.90 Å². The molecule has 2 aromatic rings. The van der Waals surface area contributed by atoms with Gasteiger partial charge in [-0.15, -0.1) is 0 Å². The summed E-state index contributed by atoms with van der Waals surface area (Å²) in [5.41, 5.74) is 4.46. The van der Waals surface area contributed by atoms with E-state index in [-0.39, 0.29) is 5.69 Å². The van der Waals surface area contributed by atoms with E-state index < -0.39 is 5.97 Å². The Balaban J connectivity index is 2.43. The maximum atomic E-state index is 10.7. The van der Waals surface area contributed by atoms with E-state index in [1.165, 1.54) is 11.6 Å². The first-order valence-electron chi connectivity index (χ1n) is 5.35. The second-order valence-corrected chi connectivity index (χ2v) is 4.06. The van der Waals surface area contributed by atoms with Crippen LogP contribution in [0.2, 0.25) is 0 Å². The van der Waals surface area contributed by atoms with E-state index in [4.69, 9.17) is 5.11 Å². The Bertz CT molecular complexity index is 559. The predicted molar refractivity (Wildman–Crippen MR) is 66.1 cm³/mol. The Hall–Kier alpha value is -2.16. The number of carboxylic acids is 1. The molecule has 0 aliphatic heterocycles. The van der Waals surface area contributed by atoms with Crippen molar-refractivity contribution in [2.75, 3.05) is 0 Å². The van der Waals surface area contributed by atoms with E-state index in [0.29, 0.717) is 0 Å². The van der Waals surface area contributed by atoms with Crippen LogP contribution in [-0.4, -0.2) is 16.1 Å². The number of rotatable bonds is 2. The highest BCUT2D eigenvalue weighted by Gasteiger charge is 2.06. The van der Waals surface area contributed by atoms with E-state index >= 15 is 0 Å². The molecule has 0 atom stereocenters. The first-order valence-corrected chi connectivity index (χ1v) is 5.35. The molecule has 0 aliphatic rings. The molecule has 3 nitrogen and oxygen atoms in total. The minimum atomic E-state index is -1.00. The van der Waals surface area contributed by atoms with Gasteiger partial charge in [0.1, 0.15) is 5.69 Å². The van der Waals surface area contributed by atoms with Crippen molar-refractivity contribution in [1.82, 2.24) is 4.98 Å². The Morgan fingerprint density at radius 2 is 1.94 bits per heavy atom. The van der Waals surface area contributed by atoms with Gasteiger partial charge in [0.15, 0.2) is 0 Å². The molecule has 0 amide bonds. The fourth-order valence-corrected chi connectivity index (χ4v) is 1.82. The van der Waals surface area contributed by atoms with Crippen LogP contribution in [0.25, 0.3) is 11.1 Å². The minimum Gasteiger partial charge on any atom is -0.477 e. The topological polar surface area (TPSA) is 50.2 Å². The summed E-state index contributed by atoms with van der Waals surface area (Å²) in [7, 11) is 0. The third kappa shape index (κ3) is 2.33. The molecule has 1 aromatic carbocycles. The monoisotopic (exact) mass is 227 g/mol. The SMILES string of the molecule is Cc1ccc(-c2ccc(C(=O)O)nc2)c(C)c1. The molecule has 3 heteroatoms. The van der Waals surface area contributed by atoms with Gasteiger partial charge in [0, 0.05) is 11.8 Å². The second-order valence-electron chi connectivity index (χ2n) is 4.06. The number of aromatic carboxylic acids is 1. The average Bonchev–Trinajstić information content (AvgIpc) is 2.29. The first-order chi connectivity index (χ1) is 8.08. The lowest BCUT2D eigenvalue weighted by atomic mass is 10.00. The molecule has 0 bridgehead atoms. The molecular weight excluding hydrogens is 214 g/mol. The summed E-state index contributed by atoms with van der Waals surface area (Å²) in [5.74, 6) is -1.00. The van der Waals surface area contributed by atoms with Crippen molar-refractivity contribution in [2.24, 2.45) is 0 Å². The maximum absolute atomic E-state index is 10.7. The summed E-state index contributed by atoms with van der Waals surface area (Å²) < 4.78 is 0. The Kier molecular flexibility index (Phi) is 2.91. The summed E-state index contributed by atoms with van der Waals surface area (Å²) in [5, 5.41) is 8.77. The number of pyridine rings is 1. The van der Waals surface area contributed by atoms with Crippen molar-refractivity contribution in [3.63, 3.8) is 0 Å². The smallest absolute Gasteiger partial charge is 0.354 e. The summed E-state index contributed by atoms with van der Waals surface area (Å²) in [6, 6.07) is 9.47. The van der Waals surface area contributed by atoms with Gasteiger partial charge in [0.25, 0.3) is 0 Å². The van der Waals surface area contributed by atoms with Crippen molar-refractivity contribution >= 4 is 5.97 Å². The van der Waals surface area contributed by atoms with Crippen LogP contribution >= 0.6 is 0 Å². The molecule has 1 N–H and O–H groups in total. The van der Waals surface area contributed by atoms with Gasteiger partial charge >= 0.3 is 5.97 Å². The summed E-state index contributed by atoms with van der Waals surface area (Å²) in [4.78, 5) is 14.6. The molecular formula is C14H13NO2. The van der Waals surface area contributed by atoms with Crippen LogP contribution < -0.4 is 0 Å². The fraction of sp³-hybridized carbons (Fsp3) is 0.143. The number of hydrogen-bond acceptors (Lipinski definition) is 2. The molecule has 1 aromatic heterocycles. The van der Waals surface area contributed by atoms with E-state index in [1.807, 2.05) is 26.0 Å². The van der Waals surface area contributed by atoms with Gasteiger partial charge in [-0.25, -0.2) is 9.78 Å². The number of carboxylic acid groups (broad SMARTS) is 1. The third-order valence-corrected chi connectivity index (χ3v) is 2.68. The first kappa shape index (κ1) is 11.3. The lowest BCUT2D eigenvalue weighted by Crippen LogP contribution is -1.99. The van der Waals surface area contributed by atoms with Crippen LogP contribution in [0.5, 0.6) is 0 Å². The number of aromatic nitrogens is 1. The lowest BCUT2D eigenvalue weighted by molar-refractivity contribution is 0.0690. The van der Waals surface area contributed by atoms with Crippen LogP contribution in [0, 0.1) is 13.8 Å². The largest absolute Gasteiger partial charge is 0.477 e. The highest BCUT2D eigenvalue weighted by atomic mass is 16.4. The fourth-order valence-electron chi connectivity index (χ4n) is 1.82. The molecule has 0 aliphatic carbocycles. The van der Waals surface area contributed by atoms with Crippen LogP contribution in [0.15, 0.2) is 36.5 Å². The molecule has 0 spiro atoms. The van der Waals surface area contributed by atoms with Crippen LogP contribution in [0.1, 0.15) is 21.6 Å². The number of aryl methyl sites for hydroxylation is 2. The molecule has 0 saturated carbocycles. The van der Waals surface area contributed by atoms with Crippen LogP contribution in [0.3, 0.4) is 0 Å². The van der Waals surface area contributed by atoms with E-state index in [1.54, 1.807) is 12.3 Å². The molecule has 86 valence electrons. The maximum Gasteiger partial charge on any atom is 0.354 e. The van der Waals surface area contributed by atoms with Gasteiger partial charge in [-0.1, -0.05) is 29.8 Å². The molecule has 0 unspecified atom stereocenters. The van der Waals surface area contributed by atoms with Gasteiger partial charge in [0.2, 0.25) is 0 Å². The minimum absolute atomic E-state index is 0.0681.